The summed E-state index contributed by atoms with van der Waals surface area (Å²) >= 11 is 0. The molecule has 0 aliphatic carbocycles. The smallest absolute Gasteiger partial charge is 0.315 e. The normalized spacial score (nSPS) is 12.7. The van der Waals surface area contributed by atoms with Gasteiger partial charge in [-0.05, 0) is 38.9 Å². The lowest BCUT2D eigenvalue weighted by Gasteiger charge is -2.23. The maximum atomic E-state index is 12.3. The molecular formula is C12H25F3N2. The van der Waals surface area contributed by atoms with Crippen LogP contribution in [-0.2, 0) is 0 Å². The van der Waals surface area contributed by atoms with Crippen LogP contribution in [0.1, 0.15) is 40.0 Å². The lowest BCUT2D eigenvalue weighted by atomic mass is 10.2. The Bertz CT molecular complexity index is 181. The first kappa shape index (κ1) is 16.7. The van der Waals surface area contributed by atoms with Crippen molar-refractivity contribution >= 4 is 0 Å². The Morgan fingerprint density at radius 1 is 1.12 bits per heavy atom. The molecule has 0 aromatic heterocycles. The molecule has 0 aromatic rings. The van der Waals surface area contributed by atoms with Gasteiger partial charge in [-0.1, -0.05) is 20.8 Å². The van der Waals surface area contributed by atoms with Gasteiger partial charge in [0.05, 0.1) is 6.54 Å². The van der Waals surface area contributed by atoms with E-state index >= 15 is 0 Å². The van der Waals surface area contributed by atoms with Crippen molar-refractivity contribution in [2.24, 2.45) is 0 Å². The summed E-state index contributed by atoms with van der Waals surface area (Å²) in [5.41, 5.74) is 0. The fraction of sp³-hybridized carbons (Fsp3) is 1.00. The minimum absolute atomic E-state index is 0.442. The highest BCUT2D eigenvalue weighted by Crippen LogP contribution is 2.16. The van der Waals surface area contributed by atoms with E-state index in [4.69, 9.17) is 0 Å². The summed E-state index contributed by atoms with van der Waals surface area (Å²) in [6, 6.07) is 0.442. The molecule has 0 fully saturated rings. The van der Waals surface area contributed by atoms with E-state index in [0.717, 1.165) is 25.8 Å². The third-order valence-electron chi connectivity index (χ3n) is 2.40. The molecule has 0 aliphatic rings. The molecule has 0 unspecified atom stereocenters. The molecule has 0 amide bonds. The zero-order chi connectivity index (χ0) is 13.3. The molecule has 17 heavy (non-hydrogen) atoms. The van der Waals surface area contributed by atoms with E-state index in [1.807, 2.05) is 6.92 Å². The minimum Gasteiger partial charge on any atom is -0.315 e. The molecule has 0 saturated heterocycles. The number of halogens is 3. The van der Waals surface area contributed by atoms with Crippen LogP contribution in [0.5, 0.6) is 0 Å². The fourth-order valence-corrected chi connectivity index (χ4v) is 1.69. The van der Waals surface area contributed by atoms with Crippen LogP contribution in [0.15, 0.2) is 0 Å². The Hall–Kier alpha value is -0.290. The average Bonchev–Trinajstić information content (AvgIpc) is 2.14. The molecule has 2 nitrogen and oxygen atoms in total. The van der Waals surface area contributed by atoms with E-state index in [-0.39, 0.29) is 0 Å². The minimum atomic E-state index is -4.08. The Labute approximate surface area is 103 Å². The van der Waals surface area contributed by atoms with Gasteiger partial charge in [-0.3, -0.25) is 4.90 Å². The highest BCUT2D eigenvalue weighted by Gasteiger charge is 2.29. The second kappa shape index (κ2) is 8.75. The SMILES string of the molecule is CCCN(CCCCNC(C)C)CC(F)(F)F. The predicted molar refractivity (Wildman–Crippen MR) is 65.2 cm³/mol. The van der Waals surface area contributed by atoms with Gasteiger partial charge in [0.25, 0.3) is 0 Å². The van der Waals surface area contributed by atoms with E-state index in [9.17, 15) is 13.2 Å². The zero-order valence-corrected chi connectivity index (χ0v) is 11.1. The van der Waals surface area contributed by atoms with Gasteiger partial charge >= 0.3 is 6.18 Å². The first-order valence-electron chi connectivity index (χ1n) is 6.37. The molecular weight excluding hydrogens is 229 g/mol. The number of hydrogen-bond acceptors (Lipinski definition) is 2. The number of alkyl halides is 3. The standard InChI is InChI=1S/C12H25F3N2/c1-4-8-17(10-12(13,14)15)9-6-5-7-16-11(2)3/h11,16H,4-10H2,1-3H3. The topological polar surface area (TPSA) is 15.3 Å². The van der Waals surface area contributed by atoms with E-state index in [0.29, 0.717) is 19.1 Å². The van der Waals surface area contributed by atoms with Crippen molar-refractivity contribution in [3.8, 4) is 0 Å². The second-order valence-electron chi connectivity index (χ2n) is 4.71. The van der Waals surface area contributed by atoms with Crippen LogP contribution < -0.4 is 5.32 Å². The van der Waals surface area contributed by atoms with Gasteiger partial charge in [-0.2, -0.15) is 13.2 Å². The molecule has 0 saturated carbocycles. The lowest BCUT2D eigenvalue weighted by molar-refractivity contribution is -0.146. The number of rotatable bonds is 9. The summed E-state index contributed by atoms with van der Waals surface area (Å²) in [5, 5.41) is 3.26. The second-order valence-corrected chi connectivity index (χ2v) is 4.71. The summed E-state index contributed by atoms with van der Waals surface area (Å²) < 4.78 is 36.8. The van der Waals surface area contributed by atoms with Crippen LogP contribution >= 0.6 is 0 Å². The van der Waals surface area contributed by atoms with Crippen LogP contribution in [0.4, 0.5) is 13.2 Å². The summed E-state index contributed by atoms with van der Waals surface area (Å²) in [6.45, 7) is 7.19. The highest BCUT2D eigenvalue weighted by atomic mass is 19.4. The quantitative estimate of drug-likeness (QED) is 0.636. The van der Waals surface area contributed by atoms with Crippen LogP contribution in [0.3, 0.4) is 0 Å². The van der Waals surface area contributed by atoms with Crippen molar-refractivity contribution in [2.45, 2.75) is 52.3 Å². The summed E-state index contributed by atoms with van der Waals surface area (Å²) in [6.07, 6.45) is -1.57. The van der Waals surface area contributed by atoms with Crippen molar-refractivity contribution in [3.05, 3.63) is 0 Å². The first-order valence-corrected chi connectivity index (χ1v) is 6.37. The molecule has 104 valence electrons. The van der Waals surface area contributed by atoms with Gasteiger partial charge in [0.2, 0.25) is 0 Å². The summed E-state index contributed by atoms with van der Waals surface area (Å²) in [5.74, 6) is 0. The highest BCUT2D eigenvalue weighted by molar-refractivity contribution is 4.63. The average molecular weight is 254 g/mol. The van der Waals surface area contributed by atoms with Crippen LogP contribution in [-0.4, -0.2) is 43.3 Å². The predicted octanol–water partition coefficient (Wildman–Crippen LogP) is 3.04. The van der Waals surface area contributed by atoms with Crippen molar-refractivity contribution in [2.75, 3.05) is 26.2 Å². The molecule has 0 rings (SSSR count). The molecule has 0 aromatic carbocycles. The molecule has 0 heterocycles. The lowest BCUT2D eigenvalue weighted by Crippen LogP contribution is -2.35. The zero-order valence-electron chi connectivity index (χ0n) is 11.1. The Morgan fingerprint density at radius 3 is 2.24 bits per heavy atom. The van der Waals surface area contributed by atoms with E-state index in [1.54, 1.807) is 0 Å². The van der Waals surface area contributed by atoms with Gasteiger partial charge in [0.1, 0.15) is 0 Å². The number of nitrogens with one attached hydrogen (secondary N) is 1. The maximum Gasteiger partial charge on any atom is 0.401 e. The summed E-state index contributed by atoms with van der Waals surface area (Å²) in [7, 11) is 0. The van der Waals surface area contributed by atoms with E-state index in [1.165, 1.54) is 4.90 Å². The first-order chi connectivity index (χ1) is 7.85. The van der Waals surface area contributed by atoms with Gasteiger partial charge in [-0.25, -0.2) is 0 Å². The van der Waals surface area contributed by atoms with Crippen LogP contribution in [0.25, 0.3) is 0 Å². The molecule has 1 N–H and O–H groups in total. The Morgan fingerprint density at radius 2 is 1.76 bits per heavy atom. The van der Waals surface area contributed by atoms with E-state index in [2.05, 4.69) is 19.2 Å². The van der Waals surface area contributed by atoms with Crippen molar-refractivity contribution in [3.63, 3.8) is 0 Å². The van der Waals surface area contributed by atoms with Gasteiger partial charge in [-0.15, -0.1) is 0 Å². The molecule has 0 radical (unpaired) electrons. The van der Waals surface area contributed by atoms with Crippen LogP contribution in [0.2, 0.25) is 0 Å². The molecule has 0 bridgehead atoms. The van der Waals surface area contributed by atoms with Gasteiger partial charge in [0, 0.05) is 6.04 Å². The molecule has 5 heteroatoms. The Balaban J connectivity index is 3.70. The maximum absolute atomic E-state index is 12.3. The third kappa shape index (κ3) is 12.0. The van der Waals surface area contributed by atoms with Crippen molar-refractivity contribution in [1.29, 1.82) is 0 Å². The molecule has 0 aliphatic heterocycles. The summed E-state index contributed by atoms with van der Waals surface area (Å²) in [4.78, 5) is 1.50. The van der Waals surface area contributed by atoms with E-state index < -0.39 is 12.7 Å². The van der Waals surface area contributed by atoms with Gasteiger partial charge < -0.3 is 5.32 Å². The number of hydrogen-bond donors (Lipinski definition) is 1. The van der Waals surface area contributed by atoms with Gasteiger partial charge in [0.15, 0.2) is 0 Å². The third-order valence-corrected chi connectivity index (χ3v) is 2.40. The Kier molecular flexibility index (Phi) is 8.60. The van der Waals surface area contributed by atoms with Crippen molar-refractivity contribution in [1.82, 2.24) is 10.2 Å². The fourth-order valence-electron chi connectivity index (χ4n) is 1.69. The van der Waals surface area contributed by atoms with Crippen molar-refractivity contribution < 1.29 is 13.2 Å². The van der Waals surface area contributed by atoms with Crippen LogP contribution in [0, 0.1) is 0 Å². The monoisotopic (exact) mass is 254 g/mol. The number of nitrogens with zero attached hydrogens (tertiary/aromatic N) is 1. The largest absolute Gasteiger partial charge is 0.401 e. The number of unbranched alkanes of at least 4 members (excludes halogenated alkanes) is 1. The molecule has 0 spiro atoms. The molecule has 0 atom stereocenters.